The maximum Gasteiger partial charge on any atom is 0.142 e. The zero-order valence-electron chi connectivity index (χ0n) is 8.96. The molecule has 0 aliphatic rings. The van der Waals surface area contributed by atoms with Gasteiger partial charge in [-0.25, -0.2) is 4.98 Å². The highest BCUT2D eigenvalue weighted by Crippen LogP contribution is 2.09. The normalized spacial score (nSPS) is 10.8. The van der Waals surface area contributed by atoms with Gasteiger partial charge in [-0.1, -0.05) is 35.5 Å². The lowest BCUT2D eigenvalue weighted by molar-refractivity contribution is 0.132. The molecule has 82 valence electrons. The first-order valence-electron chi connectivity index (χ1n) is 4.95. The summed E-state index contributed by atoms with van der Waals surface area (Å²) in [6.45, 7) is 2.45. The summed E-state index contributed by atoms with van der Waals surface area (Å²) >= 11 is 1.56. The first kappa shape index (κ1) is 10.8. The van der Waals surface area contributed by atoms with E-state index >= 15 is 0 Å². The van der Waals surface area contributed by atoms with Gasteiger partial charge in [-0.05, 0) is 12.5 Å². The third kappa shape index (κ3) is 2.90. The number of rotatable bonds is 4. The van der Waals surface area contributed by atoms with Gasteiger partial charge in [-0.3, -0.25) is 0 Å². The summed E-state index contributed by atoms with van der Waals surface area (Å²) in [5, 5.41) is 3.92. The molecule has 1 aromatic carbocycles. The molecule has 4 heteroatoms. The summed E-state index contributed by atoms with van der Waals surface area (Å²) in [4.78, 5) is 10.4. The lowest BCUT2D eigenvalue weighted by atomic mass is 10.2. The van der Waals surface area contributed by atoms with Gasteiger partial charge < -0.3 is 4.84 Å². The summed E-state index contributed by atoms with van der Waals surface area (Å²) in [5.74, 6) is 0. The Morgan fingerprint density at radius 3 is 2.88 bits per heavy atom. The zero-order valence-corrected chi connectivity index (χ0v) is 9.78. The van der Waals surface area contributed by atoms with Crippen LogP contribution >= 0.6 is 11.3 Å². The molecular weight excluding hydrogens is 220 g/mol. The Hall–Kier alpha value is -1.68. The third-order valence-electron chi connectivity index (χ3n) is 2.10. The van der Waals surface area contributed by atoms with Gasteiger partial charge in [0.15, 0.2) is 0 Å². The smallest absolute Gasteiger partial charge is 0.142 e. The van der Waals surface area contributed by atoms with Crippen LogP contribution in [0.2, 0.25) is 0 Å². The molecule has 3 nitrogen and oxygen atoms in total. The van der Waals surface area contributed by atoms with Gasteiger partial charge in [-0.2, -0.15) is 0 Å². The molecule has 0 fully saturated rings. The van der Waals surface area contributed by atoms with E-state index in [1.807, 2.05) is 37.3 Å². The number of thiazole rings is 1. The maximum absolute atomic E-state index is 5.20. The third-order valence-corrected chi connectivity index (χ3v) is 2.97. The minimum Gasteiger partial charge on any atom is -0.391 e. The number of hydrogen-bond donors (Lipinski definition) is 0. The topological polar surface area (TPSA) is 34.5 Å². The van der Waals surface area contributed by atoms with E-state index < -0.39 is 0 Å². The standard InChI is InChI=1S/C12H12N2OS/c1-10-12(16-9-13-10)7-14-15-8-11-5-3-2-4-6-11/h2-7,9H,8H2,1H3/b14-7+. The zero-order chi connectivity index (χ0) is 11.2. The van der Waals surface area contributed by atoms with Crippen LogP contribution in [0.15, 0.2) is 41.0 Å². The highest BCUT2D eigenvalue weighted by Gasteiger charge is 1.96. The van der Waals surface area contributed by atoms with Crippen molar-refractivity contribution in [3.05, 3.63) is 52.0 Å². The average molecular weight is 232 g/mol. The predicted molar refractivity (Wildman–Crippen MR) is 65.7 cm³/mol. The Morgan fingerprint density at radius 1 is 1.38 bits per heavy atom. The minimum atomic E-state index is 0.495. The molecule has 1 heterocycles. The molecule has 0 saturated heterocycles. The van der Waals surface area contributed by atoms with Crippen molar-refractivity contribution in [2.45, 2.75) is 13.5 Å². The van der Waals surface area contributed by atoms with Crippen molar-refractivity contribution < 1.29 is 4.84 Å². The van der Waals surface area contributed by atoms with E-state index in [4.69, 9.17) is 4.84 Å². The van der Waals surface area contributed by atoms with E-state index in [2.05, 4.69) is 10.1 Å². The summed E-state index contributed by atoms with van der Waals surface area (Å²) in [6, 6.07) is 9.96. The molecule has 0 spiro atoms. The molecule has 0 amide bonds. The highest BCUT2D eigenvalue weighted by molar-refractivity contribution is 7.11. The fourth-order valence-corrected chi connectivity index (χ4v) is 1.86. The van der Waals surface area contributed by atoms with Crippen LogP contribution in [0.3, 0.4) is 0 Å². The first-order valence-corrected chi connectivity index (χ1v) is 5.83. The largest absolute Gasteiger partial charge is 0.391 e. The molecule has 2 rings (SSSR count). The SMILES string of the molecule is Cc1ncsc1/C=N/OCc1ccccc1. The molecular formula is C12H12N2OS. The Labute approximate surface area is 98.4 Å². The number of oxime groups is 1. The summed E-state index contributed by atoms with van der Waals surface area (Å²) < 4.78 is 0. The molecule has 0 atom stereocenters. The van der Waals surface area contributed by atoms with Crippen LogP contribution in [0, 0.1) is 6.92 Å². The van der Waals surface area contributed by atoms with E-state index in [0.29, 0.717) is 6.61 Å². The number of aromatic nitrogens is 1. The molecule has 1 aromatic heterocycles. The molecule has 0 saturated carbocycles. The van der Waals surface area contributed by atoms with Crippen LogP contribution in [0.4, 0.5) is 0 Å². The second-order valence-corrected chi connectivity index (χ2v) is 4.18. The number of hydrogen-bond acceptors (Lipinski definition) is 4. The van der Waals surface area contributed by atoms with Crippen molar-refractivity contribution in [1.29, 1.82) is 0 Å². The summed E-state index contributed by atoms with van der Waals surface area (Å²) in [5.41, 5.74) is 3.89. The fraction of sp³-hybridized carbons (Fsp3) is 0.167. The molecule has 0 aliphatic heterocycles. The van der Waals surface area contributed by atoms with Crippen molar-refractivity contribution in [3.63, 3.8) is 0 Å². The Kier molecular flexibility index (Phi) is 3.66. The Balaban J connectivity index is 1.85. The lowest BCUT2D eigenvalue weighted by Crippen LogP contribution is -1.87. The van der Waals surface area contributed by atoms with Gasteiger partial charge in [0, 0.05) is 0 Å². The Bertz CT molecular complexity index is 465. The molecule has 0 bridgehead atoms. The van der Waals surface area contributed by atoms with E-state index in [1.165, 1.54) is 0 Å². The molecule has 0 unspecified atom stereocenters. The van der Waals surface area contributed by atoms with Crippen molar-refractivity contribution in [3.8, 4) is 0 Å². The summed E-state index contributed by atoms with van der Waals surface area (Å²) in [6.07, 6.45) is 1.70. The lowest BCUT2D eigenvalue weighted by Gasteiger charge is -1.98. The molecule has 0 N–H and O–H groups in total. The average Bonchev–Trinajstić information content (AvgIpc) is 2.72. The molecule has 2 aromatic rings. The molecule has 16 heavy (non-hydrogen) atoms. The van der Waals surface area contributed by atoms with E-state index in [1.54, 1.807) is 23.1 Å². The predicted octanol–water partition coefficient (Wildman–Crippen LogP) is 3.00. The fourth-order valence-electron chi connectivity index (χ4n) is 1.21. The van der Waals surface area contributed by atoms with Gasteiger partial charge in [0.1, 0.15) is 6.61 Å². The monoisotopic (exact) mass is 232 g/mol. The quantitative estimate of drug-likeness (QED) is 0.600. The molecule has 0 radical (unpaired) electrons. The number of aryl methyl sites for hydroxylation is 1. The van der Waals surface area contributed by atoms with Crippen LogP contribution in [0.5, 0.6) is 0 Å². The van der Waals surface area contributed by atoms with Crippen LogP contribution in [0.1, 0.15) is 16.1 Å². The second-order valence-electron chi connectivity index (χ2n) is 3.30. The van der Waals surface area contributed by atoms with Crippen molar-refractivity contribution in [2.75, 3.05) is 0 Å². The second kappa shape index (κ2) is 5.42. The van der Waals surface area contributed by atoms with Gasteiger partial charge in [0.05, 0.1) is 22.3 Å². The van der Waals surface area contributed by atoms with Crippen molar-refractivity contribution in [1.82, 2.24) is 4.98 Å². The number of benzene rings is 1. The van der Waals surface area contributed by atoms with Gasteiger partial charge in [0.25, 0.3) is 0 Å². The number of nitrogens with zero attached hydrogens (tertiary/aromatic N) is 2. The van der Waals surface area contributed by atoms with E-state index in [0.717, 1.165) is 16.1 Å². The van der Waals surface area contributed by atoms with E-state index in [9.17, 15) is 0 Å². The highest BCUT2D eigenvalue weighted by atomic mass is 32.1. The molecule has 0 aliphatic carbocycles. The maximum atomic E-state index is 5.20. The van der Waals surface area contributed by atoms with Crippen molar-refractivity contribution in [2.24, 2.45) is 5.16 Å². The van der Waals surface area contributed by atoms with Gasteiger partial charge in [-0.15, -0.1) is 11.3 Å². The van der Waals surface area contributed by atoms with Gasteiger partial charge >= 0.3 is 0 Å². The van der Waals surface area contributed by atoms with E-state index in [-0.39, 0.29) is 0 Å². The van der Waals surface area contributed by atoms with Crippen LogP contribution < -0.4 is 0 Å². The van der Waals surface area contributed by atoms with Crippen LogP contribution in [0.25, 0.3) is 0 Å². The van der Waals surface area contributed by atoms with Crippen LogP contribution in [-0.2, 0) is 11.4 Å². The van der Waals surface area contributed by atoms with Crippen LogP contribution in [-0.4, -0.2) is 11.2 Å². The Morgan fingerprint density at radius 2 is 2.19 bits per heavy atom. The van der Waals surface area contributed by atoms with Crippen molar-refractivity contribution >= 4 is 17.6 Å². The minimum absolute atomic E-state index is 0.495. The first-order chi connectivity index (χ1) is 7.86. The van der Waals surface area contributed by atoms with Gasteiger partial charge in [0.2, 0.25) is 0 Å². The summed E-state index contributed by atoms with van der Waals surface area (Å²) in [7, 11) is 0.